The van der Waals surface area contributed by atoms with Crippen molar-refractivity contribution in [1.82, 2.24) is 25.0 Å². The van der Waals surface area contributed by atoms with Crippen LogP contribution in [0.3, 0.4) is 0 Å². The number of rotatable bonds is 3. The molecular weight excluding hydrogens is 326 g/mol. The average Bonchev–Trinajstić information content (AvgIpc) is 3.14. The van der Waals surface area contributed by atoms with Gasteiger partial charge in [0.2, 0.25) is 0 Å². The molecule has 1 amide bonds. The Morgan fingerprint density at radius 1 is 1.19 bits per heavy atom. The van der Waals surface area contributed by atoms with E-state index in [1.807, 2.05) is 71.5 Å². The minimum Gasteiger partial charge on any atom is -0.329 e. The fraction of sp³-hybridized carbons (Fsp3) is 0.250. The summed E-state index contributed by atoms with van der Waals surface area (Å²) < 4.78 is 1.81. The number of nitrogens with one attached hydrogen (secondary N) is 1. The van der Waals surface area contributed by atoms with Crippen LogP contribution in [0.2, 0.25) is 0 Å². The second-order valence-electron chi connectivity index (χ2n) is 6.51. The molecule has 0 radical (unpaired) electrons. The molecule has 1 aromatic carbocycles. The Kier molecular flexibility index (Phi) is 4.50. The molecule has 1 aliphatic rings. The summed E-state index contributed by atoms with van der Waals surface area (Å²) >= 11 is 0. The fourth-order valence-electron chi connectivity index (χ4n) is 3.29. The van der Waals surface area contributed by atoms with Crippen molar-refractivity contribution < 1.29 is 4.79 Å². The van der Waals surface area contributed by atoms with Gasteiger partial charge in [-0.2, -0.15) is 5.10 Å². The predicted octanol–water partition coefficient (Wildman–Crippen LogP) is 2.36. The molecule has 0 saturated carbocycles. The summed E-state index contributed by atoms with van der Waals surface area (Å²) in [5.74, 6) is 0.0450. The highest BCUT2D eigenvalue weighted by atomic mass is 16.2. The zero-order valence-electron chi connectivity index (χ0n) is 14.7. The van der Waals surface area contributed by atoms with Crippen LogP contribution in [0.15, 0.2) is 61.2 Å². The topological polar surface area (TPSA) is 63.1 Å². The van der Waals surface area contributed by atoms with Crippen LogP contribution in [0.5, 0.6) is 0 Å². The molecule has 6 heteroatoms. The van der Waals surface area contributed by atoms with Crippen LogP contribution >= 0.6 is 0 Å². The Morgan fingerprint density at radius 3 is 2.73 bits per heavy atom. The quantitative estimate of drug-likeness (QED) is 0.790. The number of nitrogens with zero attached hydrogens (tertiary/aromatic N) is 4. The molecule has 1 N–H and O–H groups in total. The summed E-state index contributed by atoms with van der Waals surface area (Å²) in [4.78, 5) is 19.2. The third kappa shape index (κ3) is 3.23. The van der Waals surface area contributed by atoms with Crippen LogP contribution in [0, 0.1) is 6.92 Å². The molecule has 0 bridgehead atoms. The lowest BCUT2D eigenvalue weighted by molar-refractivity contribution is 0.0634. The largest absolute Gasteiger partial charge is 0.329 e. The number of hydrogen-bond donors (Lipinski definition) is 1. The summed E-state index contributed by atoms with van der Waals surface area (Å²) in [6.07, 6.45) is 7.37. The molecule has 1 atom stereocenters. The van der Waals surface area contributed by atoms with Crippen LogP contribution in [-0.4, -0.2) is 45.2 Å². The summed E-state index contributed by atoms with van der Waals surface area (Å²) in [5, 5.41) is 7.68. The lowest BCUT2D eigenvalue weighted by Crippen LogP contribution is -2.48. The van der Waals surface area contributed by atoms with Crippen LogP contribution < -0.4 is 5.32 Å². The molecule has 26 heavy (non-hydrogen) atoms. The molecule has 4 rings (SSSR count). The highest BCUT2D eigenvalue weighted by Gasteiger charge is 2.28. The number of aromatic nitrogens is 3. The Labute approximate surface area is 152 Å². The molecule has 2 aromatic heterocycles. The van der Waals surface area contributed by atoms with Crippen molar-refractivity contribution in [2.45, 2.75) is 13.0 Å². The number of benzene rings is 1. The van der Waals surface area contributed by atoms with Gasteiger partial charge in [-0.1, -0.05) is 6.07 Å². The van der Waals surface area contributed by atoms with E-state index >= 15 is 0 Å². The van der Waals surface area contributed by atoms with E-state index in [1.165, 1.54) is 0 Å². The van der Waals surface area contributed by atoms with E-state index in [4.69, 9.17) is 0 Å². The molecule has 1 fully saturated rings. The van der Waals surface area contributed by atoms with Gasteiger partial charge in [0.1, 0.15) is 0 Å². The van der Waals surface area contributed by atoms with Crippen molar-refractivity contribution >= 4 is 5.91 Å². The third-order valence-corrected chi connectivity index (χ3v) is 4.66. The van der Waals surface area contributed by atoms with Gasteiger partial charge in [0, 0.05) is 43.8 Å². The van der Waals surface area contributed by atoms with E-state index in [1.54, 1.807) is 6.20 Å². The second-order valence-corrected chi connectivity index (χ2v) is 6.51. The predicted molar refractivity (Wildman–Crippen MR) is 99.2 cm³/mol. The van der Waals surface area contributed by atoms with Gasteiger partial charge in [-0.3, -0.25) is 9.78 Å². The van der Waals surface area contributed by atoms with Crippen molar-refractivity contribution in [1.29, 1.82) is 0 Å². The average molecular weight is 347 g/mol. The second kappa shape index (κ2) is 7.09. The maximum atomic E-state index is 13.1. The van der Waals surface area contributed by atoms with E-state index in [0.717, 1.165) is 29.9 Å². The van der Waals surface area contributed by atoms with Gasteiger partial charge in [-0.15, -0.1) is 0 Å². The molecule has 1 aliphatic heterocycles. The minimum atomic E-state index is -0.00149. The first-order valence-corrected chi connectivity index (χ1v) is 8.76. The number of amides is 1. The Balaban J connectivity index is 1.57. The van der Waals surface area contributed by atoms with Crippen molar-refractivity contribution in [3.63, 3.8) is 0 Å². The van der Waals surface area contributed by atoms with Gasteiger partial charge >= 0.3 is 0 Å². The minimum absolute atomic E-state index is 0.00149. The Hall–Kier alpha value is -2.99. The maximum absolute atomic E-state index is 13.1. The molecule has 132 valence electrons. The molecule has 0 aliphatic carbocycles. The first kappa shape index (κ1) is 16.5. The highest BCUT2D eigenvalue weighted by molar-refractivity contribution is 5.94. The SMILES string of the molecule is Cc1cnn(-c2ccc(C(=O)N3CCNCC3c3cccnc3)cc2)c1. The zero-order chi connectivity index (χ0) is 17.9. The lowest BCUT2D eigenvalue weighted by atomic mass is 10.0. The van der Waals surface area contributed by atoms with Crippen molar-refractivity contribution in [3.05, 3.63) is 77.9 Å². The summed E-state index contributed by atoms with van der Waals surface area (Å²) in [5.41, 5.74) is 3.79. The lowest BCUT2D eigenvalue weighted by Gasteiger charge is -2.36. The first-order valence-electron chi connectivity index (χ1n) is 8.76. The molecule has 0 spiro atoms. The number of carbonyl (C=O) groups excluding carboxylic acids is 1. The van der Waals surface area contributed by atoms with Crippen LogP contribution in [0.25, 0.3) is 5.69 Å². The number of carbonyl (C=O) groups is 1. The number of piperazine rings is 1. The van der Waals surface area contributed by atoms with E-state index in [-0.39, 0.29) is 11.9 Å². The van der Waals surface area contributed by atoms with Crippen LogP contribution in [-0.2, 0) is 0 Å². The Bertz CT molecular complexity index is 888. The highest BCUT2D eigenvalue weighted by Crippen LogP contribution is 2.24. The standard InChI is InChI=1S/C20H21N5O/c1-15-11-23-25(14-15)18-6-4-16(5-7-18)20(26)24-10-9-22-13-19(24)17-3-2-8-21-12-17/h2-8,11-12,14,19,22H,9-10,13H2,1H3. The Morgan fingerprint density at radius 2 is 2.04 bits per heavy atom. The zero-order valence-corrected chi connectivity index (χ0v) is 14.7. The molecule has 3 aromatic rings. The number of hydrogen-bond acceptors (Lipinski definition) is 4. The molecular formula is C20H21N5O. The number of aryl methyl sites for hydroxylation is 1. The monoisotopic (exact) mass is 347 g/mol. The normalized spacial score (nSPS) is 17.3. The summed E-state index contributed by atoms with van der Waals surface area (Å²) in [6, 6.07) is 11.5. The van der Waals surface area contributed by atoms with Crippen LogP contribution in [0.4, 0.5) is 0 Å². The smallest absolute Gasteiger partial charge is 0.254 e. The molecule has 1 saturated heterocycles. The number of pyridine rings is 1. The summed E-state index contributed by atoms with van der Waals surface area (Å²) in [7, 11) is 0. The fourth-order valence-corrected chi connectivity index (χ4v) is 3.29. The first-order chi connectivity index (χ1) is 12.7. The van der Waals surface area contributed by atoms with Gasteiger partial charge in [-0.25, -0.2) is 4.68 Å². The molecule has 3 heterocycles. The van der Waals surface area contributed by atoms with E-state index in [9.17, 15) is 4.79 Å². The summed E-state index contributed by atoms with van der Waals surface area (Å²) in [6.45, 7) is 4.22. The van der Waals surface area contributed by atoms with Gasteiger partial charge in [0.05, 0.1) is 17.9 Å². The van der Waals surface area contributed by atoms with Gasteiger partial charge < -0.3 is 10.2 Å². The molecule has 1 unspecified atom stereocenters. The molecule has 6 nitrogen and oxygen atoms in total. The van der Waals surface area contributed by atoms with Gasteiger partial charge in [-0.05, 0) is 48.4 Å². The van der Waals surface area contributed by atoms with Crippen LogP contribution in [0.1, 0.15) is 27.5 Å². The van der Waals surface area contributed by atoms with Crippen molar-refractivity contribution in [3.8, 4) is 5.69 Å². The van der Waals surface area contributed by atoms with Crippen molar-refractivity contribution in [2.24, 2.45) is 0 Å². The third-order valence-electron chi connectivity index (χ3n) is 4.66. The van der Waals surface area contributed by atoms with E-state index in [0.29, 0.717) is 12.1 Å². The van der Waals surface area contributed by atoms with Crippen molar-refractivity contribution in [2.75, 3.05) is 19.6 Å². The van der Waals surface area contributed by atoms with E-state index < -0.39 is 0 Å². The van der Waals surface area contributed by atoms with E-state index in [2.05, 4.69) is 15.4 Å². The maximum Gasteiger partial charge on any atom is 0.254 e. The van der Waals surface area contributed by atoms with Gasteiger partial charge in [0.25, 0.3) is 5.91 Å². The van der Waals surface area contributed by atoms with Gasteiger partial charge in [0.15, 0.2) is 0 Å².